The van der Waals surface area contributed by atoms with Crippen LogP contribution >= 0.6 is 11.3 Å². The van der Waals surface area contributed by atoms with E-state index in [9.17, 15) is 4.79 Å². The first-order valence-corrected chi connectivity index (χ1v) is 6.44. The van der Waals surface area contributed by atoms with Crippen molar-refractivity contribution in [3.63, 3.8) is 0 Å². The Morgan fingerprint density at radius 3 is 2.44 bits per heavy atom. The molecular weight excluding hydrogens is 246 g/mol. The van der Waals surface area contributed by atoms with E-state index in [1.807, 2.05) is 50.2 Å². The van der Waals surface area contributed by atoms with Crippen LogP contribution in [0.5, 0.6) is 0 Å². The molecule has 0 saturated heterocycles. The molecule has 2 rings (SSSR count). The summed E-state index contributed by atoms with van der Waals surface area (Å²) < 4.78 is 0. The van der Waals surface area contributed by atoms with Crippen LogP contribution in [0.3, 0.4) is 0 Å². The van der Waals surface area contributed by atoms with E-state index < -0.39 is 0 Å². The van der Waals surface area contributed by atoms with Gasteiger partial charge < -0.3 is 10.2 Å². The lowest BCUT2D eigenvalue weighted by Gasteiger charge is -2.12. The minimum absolute atomic E-state index is 0.161. The predicted octanol–water partition coefficient (Wildman–Crippen LogP) is 2.77. The summed E-state index contributed by atoms with van der Waals surface area (Å²) >= 11 is 1.47. The van der Waals surface area contributed by atoms with Crippen molar-refractivity contribution >= 4 is 28.6 Å². The van der Waals surface area contributed by atoms with E-state index in [0.29, 0.717) is 5.69 Å². The Kier molecular flexibility index (Phi) is 3.62. The number of amides is 1. The third-order valence-electron chi connectivity index (χ3n) is 2.60. The SMILES string of the molecule is Cc1scnc1C(=O)Nc1ccc(N(C)C)cc1. The maximum Gasteiger partial charge on any atom is 0.275 e. The molecule has 4 nitrogen and oxygen atoms in total. The van der Waals surface area contributed by atoms with Gasteiger partial charge in [-0.1, -0.05) is 0 Å². The lowest BCUT2D eigenvalue weighted by atomic mass is 10.2. The van der Waals surface area contributed by atoms with Crippen molar-refractivity contribution in [2.24, 2.45) is 0 Å². The topological polar surface area (TPSA) is 45.2 Å². The van der Waals surface area contributed by atoms with Gasteiger partial charge in [0, 0.05) is 30.3 Å². The summed E-state index contributed by atoms with van der Waals surface area (Å²) in [6, 6.07) is 7.69. The second-order valence-corrected chi connectivity index (χ2v) is 5.21. The molecule has 0 radical (unpaired) electrons. The number of aryl methyl sites for hydroxylation is 1. The second kappa shape index (κ2) is 5.18. The summed E-state index contributed by atoms with van der Waals surface area (Å²) in [5.74, 6) is -0.161. The molecule has 2 aromatic rings. The number of nitrogens with zero attached hydrogens (tertiary/aromatic N) is 2. The van der Waals surface area contributed by atoms with Crippen molar-refractivity contribution in [1.29, 1.82) is 0 Å². The number of carbonyl (C=O) groups excluding carboxylic acids is 1. The monoisotopic (exact) mass is 261 g/mol. The van der Waals surface area contributed by atoms with Crippen LogP contribution in [0.25, 0.3) is 0 Å². The van der Waals surface area contributed by atoms with E-state index in [4.69, 9.17) is 0 Å². The van der Waals surface area contributed by atoms with Crippen LogP contribution < -0.4 is 10.2 Å². The van der Waals surface area contributed by atoms with Crippen molar-refractivity contribution in [3.05, 3.63) is 40.3 Å². The normalized spacial score (nSPS) is 10.2. The molecule has 0 unspecified atom stereocenters. The van der Waals surface area contributed by atoms with Crippen molar-refractivity contribution in [3.8, 4) is 0 Å². The van der Waals surface area contributed by atoms with Gasteiger partial charge in [-0.25, -0.2) is 4.98 Å². The number of anilines is 2. The van der Waals surface area contributed by atoms with Gasteiger partial charge in [-0.05, 0) is 31.2 Å². The summed E-state index contributed by atoms with van der Waals surface area (Å²) in [6.45, 7) is 1.89. The number of carbonyl (C=O) groups is 1. The maximum absolute atomic E-state index is 11.9. The quantitative estimate of drug-likeness (QED) is 0.924. The number of rotatable bonds is 3. The summed E-state index contributed by atoms with van der Waals surface area (Å²) in [7, 11) is 3.96. The highest BCUT2D eigenvalue weighted by molar-refractivity contribution is 7.09. The van der Waals surface area contributed by atoms with Crippen LogP contribution in [0.4, 0.5) is 11.4 Å². The molecule has 0 aliphatic rings. The Hall–Kier alpha value is -1.88. The molecule has 1 amide bonds. The van der Waals surface area contributed by atoms with Gasteiger partial charge in [0.15, 0.2) is 0 Å². The average Bonchev–Trinajstić information content (AvgIpc) is 2.76. The minimum atomic E-state index is -0.161. The largest absolute Gasteiger partial charge is 0.378 e. The molecule has 0 fully saturated rings. The molecule has 0 bridgehead atoms. The summed E-state index contributed by atoms with van der Waals surface area (Å²) in [4.78, 5) is 18.9. The maximum atomic E-state index is 11.9. The molecule has 0 aliphatic heterocycles. The molecule has 0 saturated carbocycles. The second-order valence-electron chi connectivity index (χ2n) is 4.15. The first kappa shape index (κ1) is 12.6. The van der Waals surface area contributed by atoms with E-state index in [1.54, 1.807) is 5.51 Å². The fraction of sp³-hybridized carbons (Fsp3) is 0.231. The highest BCUT2D eigenvalue weighted by atomic mass is 32.1. The van der Waals surface area contributed by atoms with Crippen molar-refractivity contribution in [1.82, 2.24) is 4.98 Å². The smallest absolute Gasteiger partial charge is 0.275 e. The van der Waals surface area contributed by atoms with Crippen molar-refractivity contribution < 1.29 is 4.79 Å². The Morgan fingerprint density at radius 2 is 1.94 bits per heavy atom. The zero-order valence-electron chi connectivity index (χ0n) is 10.6. The first-order valence-electron chi connectivity index (χ1n) is 5.57. The third-order valence-corrected chi connectivity index (χ3v) is 3.36. The highest BCUT2D eigenvalue weighted by Crippen LogP contribution is 2.17. The van der Waals surface area contributed by atoms with Gasteiger partial charge in [0.1, 0.15) is 5.69 Å². The van der Waals surface area contributed by atoms with Gasteiger partial charge in [0.05, 0.1) is 5.51 Å². The molecule has 1 N–H and O–H groups in total. The number of aromatic nitrogens is 1. The molecule has 1 aromatic heterocycles. The fourth-order valence-electron chi connectivity index (χ4n) is 1.56. The van der Waals surface area contributed by atoms with Gasteiger partial charge in [-0.3, -0.25) is 4.79 Å². The molecule has 0 aliphatic carbocycles. The van der Waals surface area contributed by atoms with Gasteiger partial charge >= 0.3 is 0 Å². The Balaban J connectivity index is 2.10. The number of thiazole rings is 1. The zero-order valence-corrected chi connectivity index (χ0v) is 11.4. The van der Waals surface area contributed by atoms with Crippen LogP contribution in [0.2, 0.25) is 0 Å². The van der Waals surface area contributed by atoms with Crippen LogP contribution in [-0.4, -0.2) is 25.0 Å². The fourth-order valence-corrected chi connectivity index (χ4v) is 2.13. The van der Waals surface area contributed by atoms with Gasteiger partial charge in [0.2, 0.25) is 0 Å². The van der Waals surface area contributed by atoms with Gasteiger partial charge in [-0.15, -0.1) is 11.3 Å². The molecule has 0 atom stereocenters. The lowest BCUT2D eigenvalue weighted by molar-refractivity contribution is 0.102. The number of hydrogen-bond donors (Lipinski definition) is 1. The van der Waals surface area contributed by atoms with Gasteiger partial charge in [-0.2, -0.15) is 0 Å². The van der Waals surface area contributed by atoms with E-state index in [0.717, 1.165) is 16.3 Å². The Labute approximate surface area is 110 Å². The average molecular weight is 261 g/mol. The van der Waals surface area contributed by atoms with Crippen LogP contribution in [0.15, 0.2) is 29.8 Å². The molecule has 5 heteroatoms. The van der Waals surface area contributed by atoms with E-state index in [1.165, 1.54) is 11.3 Å². The molecular formula is C13H15N3OS. The lowest BCUT2D eigenvalue weighted by Crippen LogP contribution is -2.13. The van der Waals surface area contributed by atoms with Crippen LogP contribution in [0.1, 0.15) is 15.4 Å². The standard InChI is InChI=1S/C13H15N3OS/c1-9-12(14-8-18-9)13(17)15-10-4-6-11(7-5-10)16(2)3/h4-8H,1-3H3,(H,15,17). The predicted molar refractivity (Wildman–Crippen MR) is 75.6 cm³/mol. The Bertz CT molecular complexity index is 546. The van der Waals surface area contributed by atoms with E-state index >= 15 is 0 Å². The first-order chi connectivity index (χ1) is 8.58. The molecule has 94 valence electrons. The third kappa shape index (κ3) is 2.68. The number of nitrogens with one attached hydrogen (secondary N) is 1. The van der Waals surface area contributed by atoms with Gasteiger partial charge in [0.25, 0.3) is 5.91 Å². The zero-order chi connectivity index (χ0) is 13.1. The van der Waals surface area contributed by atoms with Crippen molar-refractivity contribution in [2.45, 2.75) is 6.92 Å². The van der Waals surface area contributed by atoms with Crippen LogP contribution in [0, 0.1) is 6.92 Å². The molecule has 18 heavy (non-hydrogen) atoms. The summed E-state index contributed by atoms with van der Waals surface area (Å²) in [6.07, 6.45) is 0. The van der Waals surface area contributed by atoms with Crippen LogP contribution in [-0.2, 0) is 0 Å². The molecule has 0 spiro atoms. The number of benzene rings is 1. The summed E-state index contributed by atoms with van der Waals surface area (Å²) in [5, 5.41) is 2.84. The molecule has 1 heterocycles. The van der Waals surface area contributed by atoms with Crippen molar-refractivity contribution in [2.75, 3.05) is 24.3 Å². The van der Waals surface area contributed by atoms with E-state index in [2.05, 4.69) is 10.3 Å². The highest BCUT2D eigenvalue weighted by Gasteiger charge is 2.11. The Morgan fingerprint density at radius 1 is 1.28 bits per heavy atom. The molecule has 1 aromatic carbocycles. The van der Waals surface area contributed by atoms with E-state index in [-0.39, 0.29) is 5.91 Å². The minimum Gasteiger partial charge on any atom is -0.378 e. The summed E-state index contributed by atoms with van der Waals surface area (Å²) in [5.41, 5.74) is 4.05. The number of hydrogen-bond acceptors (Lipinski definition) is 4.